The molecule has 5 heteroatoms. The van der Waals surface area contributed by atoms with Crippen LogP contribution in [0.5, 0.6) is 0 Å². The molecular formula is C18H22ClN3O. The quantitative estimate of drug-likeness (QED) is 0.837. The molecule has 2 aromatic rings. The van der Waals surface area contributed by atoms with E-state index in [-0.39, 0.29) is 5.91 Å². The lowest BCUT2D eigenvalue weighted by molar-refractivity contribution is 0.0787. The lowest BCUT2D eigenvalue weighted by Gasteiger charge is -2.16. The first-order valence-corrected chi connectivity index (χ1v) is 8.13. The summed E-state index contributed by atoms with van der Waals surface area (Å²) in [5.74, 6) is -0.0485. The normalized spacial score (nSPS) is 10.4. The number of anilines is 2. The van der Waals surface area contributed by atoms with Crippen molar-refractivity contribution in [1.82, 2.24) is 9.88 Å². The van der Waals surface area contributed by atoms with Crippen molar-refractivity contribution < 1.29 is 4.79 Å². The van der Waals surface area contributed by atoms with Gasteiger partial charge < -0.3 is 10.2 Å². The Morgan fingerprint density at radius 2 is 2.09 bits per heavy atom. The Hall–Kier alpha value is -2.07. The van der Waals surface area contributed by atoms with E-state index >= 15 is 0 Å². The van der Waals surface area contributed by atoms with Crippen LogP contribution in [0.4, 0.5) is 11.4 Å². The molecule has 0 atom stereocenters. The molecule has 2 rings (SSSR count). The Morgan fingerprint density at radius 3 is 2.70 bits per heavy atom. The highest BCUT2D eigenvalue weighted by Gasteiger charge is 2.12. The van der Waals surface area contributed by atoms with Gasteiger partial charge in [-0.15, -0.1) is 0 Å². The molecule has 0 aliphatic heterocycles. The van der Waals surface area contributed by atoms with Crippen molar-refractivity contribution in [3.05, 3.63) is 52.8 Å². The van der Waals surface area contributed by atoms with Crippen molar-refractivity contribution >= 4 is 28.9 Å². The SMILES string of the molecule is CCCCN(C)C(=O)c1ccc(Nc2ccc(Cl)cc2C)cn1. The van der Waals surface area contributed by atoms with E-state index < -0.39 is 0 Å². The zero-order valence-corrected chi connectivity index (χ0v) is 14.5. The third-order valence-corrected chi connectivity index (χ3v) is 3.88. The van der Waals surface area contributed by atoms with Crippen LogP contribution in [-0.2, 0) is 0 Å². The minimum atomic E-state index is -0.0485. The largest absolute Gasteiger partial charge is 0.354 e. The number of halogens is 1. The number of carbonyl (C=O) groups excluding carboxylic acids is 1. The van der Waals surface area contributed by atoms with E-state index in [2.05, 4.69) is 17.2 Å². The van der Waals surface area contributed by atoms with Gasteiger partial charge in [0.2, 0.25) is 0 Å². The van der Waals surface area contributed by atoms with Gasteiger partial charge in [-0.25, -0.2) is 4.98 Å². The predicted octanol–water partition coefficient (Wildman–Crippen LogP) is 4.66. The van der Waals surface area contributed by atoms with Gasteiger partial charge in [0.25, 0.3) is 5.91 Å². The number of benzene rings is 1. The number of amides is 1. The van der Waals surface area contributed by atoms with Crippen LogP contribution in [0.3, 0.4) is 0 Å². The Bertz CT molecular complexity index is 670. The van der Waals surface area contributed by atoms with E-state index in [4.69, 9.17) is 11.6 Å². The van der Waals surface area contributed by atoms with Crippen LogP contribution >= 0.6 is 11.6 Å². The molecule has 0 spiro atoms. The second-order valence-corrected chi connectivity index (χ2v) is 6.03. The van der Waals surface area contributed by atoms with Gasteiger partial charge in [0.15, 0.2) is 0 Å². The Kier molecular flexibility index (Phi) is 5.99. The van der Waals surface area contributed by atoms with Crippen LogP contribution in [0.2, 0.25) is 5.02 Å². The van der Waals surface area contributed by atoms with Gasteiger partial charge in [-0.2, -0.15) is 0 Å². The summed E-state index contributed by atoms with van der Waals surface area (Å²) in [4.78, 5) is 18.2. The lowest BCUT2D eigenvalue weighted by Crippen LogP contribution is -2.28. The molecule has 0 aliphatic carbocycles. The topological polar surface area (TPSA) is 45.2 Å². The number of hydrogen-bond donors (Lipinski definition) is 1. The first-order chi connectivity index (χ1) is 11.0. The fraction of sp³-hybridized carbons (Fsp3) is 0.333. The predicted molar refractivity (Wildman–Crippen MR) is 95.6 cm³/mol. The number of carbonyl (C=O) groups is 1. The average Bonchev–Trinajstić information content (AvgIpc) is 2.55. The van der Waals surface area contributed by atoms with Crippen molar-refractivity contribution in [2.24, 2.45) is 0 Å². The summed E-state index contributed by atoms with van der Waals surface area (Å²) in [6.45, 7) is 4.85. The molecular weight excluding hydrogens is 310 g/mol. The molecule has 1 aromatic carbocycles. The summed E-state index contributed by atoms with van der Waals surface area (Å²) in [7, 11) is 1.81. The number of nitrogens with one attached hydrogen (secondary N) is 1. The first-order valence-electron chi connectivity index (χ1n) is 7.76. The van der Waals surface area contributed by atoms with E-state index in [1.165, 1.54) is 0 Å². The number of rotatable bonds is 6. The minimum absolute atomic E-state index is 0.0485. The van der Waals surface area contributed by atoms with Crippen LogP contribution in [0.25, 0.3) is 0 Å². The minimum Gasteiger partial charge on any atom is -0.354 e. The smallest absolute Gasteiger partial charge is 0.272 e. The number of nitrogens with zero attached hydrogens (tertiary/aromatic N) is 2. The van der Waals surface area contributed by atoms with Gasteiger partial charge >= 0.3 is 0 Å². The first kappa shape index (κ1) is 17.3. The summed E-state index contributed by atoms with van der Waals surface area (Å²) < 4.78 is 0. The van der Waals surface area contributed by atoms with Crippen molar-refractivity contribution in [1.29, 1.82) is 0 Å². The molecule has 122 valence electrons. The summed E-state index contributed by atoms with van der Waals surface area (Å²) in [6, 6.07) is 9.28. The molecule has 23 heavy (non-hydrogen) atoms. The zero-order valence-electron chi connectivity index (χ0n) is 13.8. The van der Waals surface area contributed by atoms with Gasteiger partial charge in [-0.3, -0.25) is 4.79 Å². The number of hydrogen-bond acceptors (Lipinski definition) is 3. The molecule has 4 nitrogen and oxygen atoms in total. The van der Waals surface area contributed by atoms with Crippen LogP contribution in [0, 0.1) is 6.92 Å². The van der Waals surface area contributed by atoms with Crippen LogP contribution in [0.1, 0.15) is 35.8 Å². The van der Waals surface area contributed by atoms with E-state index in [9.17, 15) is 4.79 Å². The molecule has 0 fully saturated rings. The van der Waals surface area contributed by atoms with Crippen LogP contribution in [-0.4, -0.2) is 29.4 Å². The van der Waals surface area contributed by atoms with Gasteiger partial charge in [0, 0.05) is 24.3 Å². The summed E-state index contributed by atoms with van der Waals surface area (Å²) in [5, 5.41) is 3.99. The fourth-order valence-electron chi connectivity index (χ4n) is 2.21. The van der Waals surface area contributed by atoms with Crippen molar-refractivity contribution in [2.75, 3.05) is 18.9 Å². The van der Waals surface area contributed by atoms with Gasteiger partial charge in [-0.05, 0) is 49.2 Å². The maximum absolute atomic E-state index is 12.2. The third kappa shape index (κ3) is 4.70. The molecule has 0 radical (unpaired) electrons. The van der Waals surface area contributed by atoms with Crippen LogP contribution in [0.15, 0.2) is 36.5 Å². The third-order valence-electron chi connectivity index (χ3n) is 3.64. The highest BCUT2D eigenvalue weighted by Crippen LogP contribution is 2.23. The highest BCUT2D eigenvalue weighted by atomic mass is 35.5. The summed E-state index contributed by atoms with van der Waals surface area (Å²) >= 11 is 5.96. The van der Waals surface area contributed by atoms with E-state index in [0.29, 0.717) is 10.7 Å². The molecule has 0 saturated carbocycles. The van der Waals surface area contributed by atoms with E-state index in [1.54, 1.807) is 17.2 Å². The summed E-state index contributed by atoms with van der Waals surface area (Å²) in [6.07, 6.45) is 3.74. The molecule has 0 saturated heterocycles. The molecule has 1 aromatic heterocycles. The standard InChI is InChI=1S/C18H22ClN3O/c1-4-5-10-22(3)18(23)17-9-7-15(12-20-17)21-16-8-6-14(19)11-13(16)2/h6-9,11-12,21H,4-5,10H2,1-3H3. The zero-order chi connectivity index (χ0) is 16.8. The van der Waals surface area contributed by atoms with E-state index in [1.807, 2.05) is 38.2 Å². The molecule has 0 aliphatic rings. The number of pyridine rings is 1. The van der Waals surface area contributed by atoms with Crippen molar-refractivity contribution in [3.8, 4) is 0 Å². The fourth-order valence-corrected chi connectivity index (χ4v) is 2.44. The average molecular weight is 332 g/mol. The number of aryl methyl sites for hydroxylation is 1. The summed E-state index contributed by atoms with van der Waals surface area (Å²) in [5.41, 5.74) is 3.32. The van der Waals surface area contributed by atoms with E-state index in [0.717, 1.165) is 36.3 Å². The number of aromatic nitrogens is 1. The van der Waals surface area contributed by atoms with Gasteiger partial charge in [0.05, 0.1) is 11.9 Å². The maximum Gasteiger partial charge on any atom is 0.272 e. The lowest BCUT2D eigenvalue weighted by atomic mass is 10.2. The van der Waals surface area contributed by atoms with Crippen molar-refractivity contribution in [3.63, 3.8) is 0 Å². The second-order valence-electron chi connectivity index (χ2n) is 5.60. The van der Waals surface area contributed by atoms with Gasteiger partial charge in [0.1, 0.15) is 5.69 Å². The van der Waals surface area contributed by atoms with Crippen molar-refractivity contribution in [2.45, 2.75) is 26.7 Å². The van der Waals surface area contributed by atoms with Gasteiger partial charge in [-0.1, -0.05) is 24.9 Å². The molecule has 1 amide bonds. The Balaban J connectivity index is 2.05. The molecule has 0 unspecified atom stereocenters. The van der Waals surface area contributed by atoms with Crippen LogP contribution < -0.4 is 5.32 Å². The number of unbranched alkanes of at least 4 members (excludes halogenated alkanes) is 1. The highest BCUT2D eigenvalue weighted by molar-refractivity contribution is 6.30. The Morgan fingerprint density at radius 1 is 1.30 bits per heavy atom. The maximum atomic E-state index is 12.2. The monoisotopic (exact) mass is 331 g/mol. The second kappa shape index (κ2) is 7.97. The molecule has 0 bridgehead atoms. The molecule has 1 N–H and O–H groups in total. The Labute approximate surface area is 142 Å². The molecule has 1 heterocycles.